The molecule has 24 heavy (non-hydrogen) atoms. The fraction of sp³-hybridized carbons (Fsp3) is 0.450. The summed E-state index contributed by atoms with van der Waals surface area (Å²) >= 11 is 1.74. The van der Waals surface area contributed by atoms with E-state index in [0.29, 0.717) is 12.5 Å². The van der Waals surface area contributed by atoms with Gasteiger partial charge in [0.25, 0.3) is 5.91 Å². The van der Waals surface area contributed by atoms with Crippen LogP contribution in [0.1, 0.15) is 49.7 Å². The maximum absolute atomic E-state index is 12.1. The van der Waals surface area contributed by atoms with Crippen molar-refractivity contribution < 1.29 is 10.1 Å². The largest absolute Gasteiger partial charge is 0.351 e. The molecule has 1 aromatic carbocycles. The van der Waals surface area contributed by atoms with Crippen molar-refractivity contribution in [2.75, 3.05) is 6.54 Å². The zero-order valence-corrected chi connectivity index (χ0v) is 15.9. The number of hydrogen-bond acceptors (Lipinski definition) is 2. The molecule has 0 aliphatic heterocycles. The number of benzene rings is 1. The van der Waals surface area contributed by atoms with Crippen LogP contribution in [0.2, 0.25) is 0 Å². The average molecular weight is 346 g/mol. The minimum Gasteiger partial charge on any atom is -0.351 e. The van der Waals surface area contributed by atoms with E-state index >= 15 is 0 Å². The highest BCUT2D eigenvalue weighted by molar-refractivity contribution is 7.10. The van der Waals surface area contributed by atoms with Crippen molar-refractivity contribution in [3.8, 4) is 0 Å². The van der Waals surface area contributed by atoms with E-state index in [2.05, 4.69) is 66.3 Å². The van der Waals surface area contributed by atoms with Gasteiger partial charge in [-0.15, -0.1) is 11.3 Å². The van der Waals surface area contributed by atoms with Crippen molar-refractivity contribution in [2.45, 2.75) is 46.2 Å². The highest BCUT2D eigenvalue weighted by Crippen LogP contribution is 2.23. The van der Waals surface area contributed by atoms with E-state index in [0.717, 1.165) is 6.42 Å². The first-order chi connectivity index (χ1) is 11.5. The second kappa shape index (κ2) is 9.00. The zero-order valence-electron chi connectivity index (χ0n) is 15.1. The standard InChI is InChI=1S/C20H28N2OS/c1-5-21-20(23)15(4)22-19(18-7-6-12-24-18)17-10-8-16(9-11-17)13-14(2)3/h6-12,14-15,19,22H,5,13H2,1-4H3,(H,21,23)/p+1/t15-,19+/m1/s1. The van der Waals surface area contributed by atoms with Gasteiger partial charge in [-0.1, -0.05) is 44.2 Å². The normalized spacial score (nSPS) is 13.7. The summed E-state index contributed by atoms with van der Waals surface area (Å²) in [6, 6.07) is 13.1. The summed E-state index contributed by atoms with van der Waals surface area (Å²) < 4.78 is 0. The molecule has 0 aliphatic rings. The minimum atomic E-state index is -0.118. The molecule has 2 atom stereocenters. The molecule has 0 saturated heterocycles. The van der Waals surface area contributed by atoms with Crippen LogP contribution in [0.15, 0.2) is 41.8 Å². The van der Waals surface area contributed by atoms with E-state index in [1.807, 2.05) is 13.8 Å². The van der Waals surface area contributed by atoms with Gasteiger partial charge in [-0.2, -0.15) is 0 Å². The van der Waals surface area contributed by atoms with E-state index < -0.39 is 0 Å². The van der Waals surface area contributed by atoms with E-state index in [1.165, 1.54) is 16.0 Å². The zero-order chi connectivity index (χ0) is 17.5. The smallest absolute Gasteiger partial charge is 0.277 e. The van der Waals surface area contributed by atoms with Crippen LogP contribution in [-0.4, -0.2) is 18.5 Å². The van der Waals surface area contributed by atoms with Crippen LogP contribution in [0.4, 0.5) is 0 Å². The van der Waals surface area contributed by atoms with Gasteiger partial charge in [0.1, 0.15) is 6.04 Å². The number of nitrogens with one attached hydrogen (secondary N) is 1. The molecule has 0 fully saturated rings. The molecular formula is C20H29N2OS+. The second-order valence-electron chi connectivity index (χ2n) is 6.71. The second-order valence-corrected chi connectivity index (χ2v) is 7.69. The predicted octanol–water partition coefficient (Wildman–Crippen LogP) is 3.12. The lowest BCUT2D eigenvalue weighted by atomic mass is 9.98. The van der Waals surface area contributed by atoms with Gasteiger partial charge in [0.05, 0.1) is 4.88 Å². The molecule has 4 heteroatoms. The Kier molecular flexibility index (Phi) is 7.00. The summed E-state index contributed by atoms with van der Waals surface area (Å²) in [7, 11) is 0. The number of amides is 1. The van der Waals surface area contributed by atoms with Crippen LogP contribution < -0.4 is 10.6 Å². The molecule has 0 bridgehead atoms. The Morgan fingerprint density at radius 2 is 1.88 bits per heavy atom. The van der Waals surface area contributed by atoms with Crippen molar-refractivity contribution in [2.24, 2.45) is 5.92 Å². The van der Waals surface area contributed by atoms with Gasteiger partial charge >= 0.3 is 0 Å². The Hall–Kier alpha value is -1.65. The van der Waals surface area contributed by atoms with Crippen LogP contribution in [0.5, 0.6) is 0 Å². The molecule has 3 nitrogen and oxygen atoms in total. The predicted molar refractivity (Wildman–Crippen MR) is 101 cm³/mol. The van der Waals surface area contributed by atoms with Crippen molar-refractivity contribution in [1.29, 1.82) is 0 Å². The third kappa shape index (κ3) is 5.18. The van der Waals surface area contributed by atoms with Gasteiger partial charge in [-0.3, -0.25) is 4.79 Å². The molecule has 1 amide bonds. The van der Waals surface area contributed by atoms with E-state index in [9.17, 15) is 4.79 Å². The Morgan fingerprint density at radius 1 is 1.17 bits per heavy atom. The van der Waals surface area contributed by atoms with E-state index in [-0.39, 0.29) is 18.0 Å². The summed E-state index contributed by atoms with van der Waals surface area (Å²) in [4.78, 5) is 13.4. The Morgan fingerprint density at radius 3 is 2.42 bits per heavy atom. The molecule has 0 unspecified atom stereocenters. The molecule has 0 aliphatic carbocycles. The van der Waals surface area contributed by atoms with Crippen LogP contribution in [0.3, 0.4) is 0 Å². The number of carbonyl (C=O) groups excluding carboxylic acids is 1. The lowest BCUT2D eigenvalue weighted by Crippen LogP contribution is -2.92. The summed E-state index contributed by atoms with van der Waals surface area (Å²) in [5, 5.41) is 7.17. The molecule has 3 N–H and O–H groups in total. The highest BCUT2D eigenvalue weighted by atomic mass is 32.1. The average Bonchev–Trinajstić information content (AvgIpc) is 3.07. The van der Waals surface area contributed by atoms with Gasteiger partial charge in [-0.05, 0) is 43.2 Å². The maximum Gasteiger partial charge on any atom is 0.277 e. The van der Waals surface area contributed by atoms with Gasteiger partial charge in [0.15, 0.2) is 6.04 Å². The van der Waals surface area contributed by atoms with E-state index in [1.54, 1.807) is 11.3 Å². The van der Waals surface area contributed by atoms with Gasteiger partial charge in [-0.25, -0.2) is 0 Å². The number of rotatable bonds is 8. The number of hydrogen-bond donors (Lipinski definition) is 2. The number of nitrogens with two attached hydrogens (primary N) is 1. The first-order valence-electron chi connectivity index (χ1n) is 8.76. The first-order valence-corrected chi connectivity index (χ1v) is 9.64. The Bertz CT molecular complexity index is 620. The summed E-state index contributed by atoms with van der Waals surface area (Å²) in [6.07, 6.45) is 1.10. The molecule has 0 spiro atoms. The van der Waals surface area contributed by atoms with Crippen LogP contribution in [0.25, 0.3) is 0 Å². The Balaban J connectivity index is 2.19. The number of carbonyl (C=O) groups is 1. The topological polar surface area (TPSA) is 45.7 Å². The van der Waals surface area contributed by atoms with Crippen molar-refractivity contribution >= 4 is 17.2 Å². The van der Waals surface area contributed by atoms with Gasteiger partial charge < -0.3 is 10.6 Å². The number of likely N-dealkylation sites (N-methyl/N-ethyl adjacent to an activating group) is 1. The van der Waals surface area contributed by atoms with Crippen LogP contribution in [0, 0.1) is 5.92 Å². The fourth-order valence-corrected chi connectivity index (χ4v) is 3.71. The van der Waals surface area contributed by atoms with Gasteiger partial charge in [0.2, 0.25) is 0 Å². The van der Waals surface area contributed by atoms with Crippen LogP contribution >= 0.6 is 11.3 Å². The fourth-order valence-electron chi connectivity index (χ4n) is 2.88. The summed E-state index contributed by atoms with van der Waals surface area (Å²) in [5.74, 6) is 0.753. The summed E-state index contributed by atoms with van der Waals surface area (Å²) in [5.41, 5.74) is 2.62. The van der Waals surface area contributed by atoms with E-state index in [4.69, 9.17) is 0 Å². The third-order valence-corrected chi connectivity index (χ3v) is 5.03. The molecule has 2 aromatic rings. The first kappa shape index (κ1) is 18.7. The molecule has 0 saturated carbocycles. The van der Waals surface area contributed by atoms with Gasteiger partial charge in [0, 0.05) is 12.1 Å². The molecule has 1 heterocycles. The summed E-state index contributed by atoms with van der Waals surface area (Å²) in [6.45, 7) is 9.08. The molecule has 2 rings (SSSR count). The highest BCUT2D eigenvalue weighted by Gasteiger charge is 2.25. The third-order valence-electron chi connectivity index (χ3n) is 4.08. The molecular weight excluding hydrogens is 316 g/mol. The molecule has 130 valence electrons. The van der Waals surface area contributed by atoms with Crippen molar-refractivity contribution in [3.05, 3.63) is 57.8 Å². The quantitative estimate of drug-likeness (QED) is 0.759. The number of thiophene rings is 1. The Labute approximate surface area is 149 Å². The molecule has 0 radical (unpaired) electrons. The lowest BCUT2D eigenvalue weighted by Gasteiger charge is -2.19. The van der Waals surface area contributed by atoms with Crippen LogP contribution in [-0.2, 0) is 11.2 Å². The minimum absolute atomic E-state index is 0.0930. The lowest BCUT2D eigenvalue weighted by molar-refractivity contribution is -0.704. The van der Waals surface area contributed by atoms with Crippen molar-refractivity contribution in [1.82, 2.24) is 5.32 Å². The van der Waals surface area contributed by atoms with Crippen molar-refractivity contribution in [3.63, 3.8) is 0 Å². The molecule has 1 aromatic heterocycles. The monoisotopic (exact) mass is 345 g/mol. The number of quaternary nitrogens is 1. The SMILES string of the molecule is CCNC(=O)[C@@H](C)[NH2+][C@@H](c1ccc(CC(C)C)cc1)c1cccs1. The maximum atomic E-state index is 12.1.